The van der Waals surface area contributed by atoms with Crippen molar-refractivity contribution in [1.82, 2.24) is 0 Å². The summed E-state index contributed by atoms with van der Waals surface area (Å²) >= 11 is 3.33. The minimum absolute atomic E-state index is 0.370. The highest BCUT2D eigenvalue weighted by Gasteiger charge is 2.04. The highest BCUT2D eigenvalue weighted by molar-refractivity contribution is 9.10. The average Bonchev–Trinajstić information content (AvgIpc) is 2.59. The number of hydrogen-bond donors (Lipinski definition) is 0. The molecule has 3 nitrogen and oxygen atoms in total. The molecule has 0 radical (unpaired) electrons. The number of aldehydes is 1. The molecule has 0 aliphatic heterocycles. The van der Waals surface area contributed by atoms with Crippen molar-refractivity contribution in [3.63, 3.8) is 0 Å². The fraction of sp³-hybridized carbons (Fsp3) is 0.105. The Kier molecular flexibility index (Phi) is 4.93. The Labute approximate surface area is 143 Å². The molecule has 0 amide bonds. The van der Waals surface area contributed by atoms with Gasteiger partial charge in [-0.1, -0.05) is 46.3 Å². The van der Waals surface area contributed by atoms with Gasteiger partial charge in [0.15, 0.2) is 6.29 Å². The molecule has 0 saturated heterocycles. The highest BCUT2D eigenvalue weighted by Crippen LogP contribution is 2.22. The molecule has 0 bridgehead atoms. The molecule has 0 saturated carbocycles. The van der Waals surface area contributed by atoms with Crippen molar-refractivity contribution in [1.29, 1.82) is 0 Å². The van der Waals surface area contributed by atoms with Crippen LogP contribution in [-0.4, -0.2) is 19.5 Å². The first-order chi connectivity index (χ1) is 11.3. The number of ether oxygens (including phenoxy) is 2. The van der Waals surface area contributed by atoms with Crippen LogP contribution in [0, 0.1) is 0 Å². The third-order valence-electron chi connectivity index (χ3n) is 3.43. The van der Waals surface area contributed by atoms with E-state index in [0.717, 1.165) is 21.9 Å². The minimum Gasteiger partial charge on any atom is -0.490 e. The van der Waals surface area contributed by atoms with E-state index in [-0.39, 0.29) is 0 Å². The lowest BCUT2D eigenvalue weighted by Crippen LogP contribution is -2.10. The Hall–Kier alpha value is -2.33. The molecular formula is C19H15BrO3. The molecule has 3 rings (SSSR count). The van der Waals surface area contributed by atoms with E-state index in [4.69, 9.17) is 9.47 Å². The van der Waals surface area contributed by atoms with E-state index in [1.165, 1.54) is 5.39 Å². The van der Waals surface area contributed by atoms with Crippen molar-refractivity contribution < 1.29 is 14.3 Å². The van der Waals surface area contributed by atoms with E-state index in [1.54, 1.807) is 12.1 Å². The second-order valence-corrected chi connectivity index (χ2v) is 5.92. The molecule has 3 aromatic carbocycles. The second kappa shape index (κ2) is 7.29. The Morgan fingerprint density at radius 2 is 1.65 bits per heavy atom. The van der Waals surface area contributed by atoms with Gasteiger partial charge in [-0.05, 0) is 41.1 Å². The summed E-state index contributed by atoms with van der Waals surface area (Å²) in [5, 5.41) is 2.32. The lowest BCUT2D eigenvalue weighted by molar-refractivity contribution is 0.111. The van der Waals surface area contributed by atoms with E-state index < -0.39 is 0 Å². The Morgan fingerprint density at radius 1 is 0.870 bits per heavy atom. The van der Waals surface area contributed by atoms with Gasteiger partial charge in [-0.15, -0.1) is 0 Å². The molecule has 0 aliphatic carbocycles. The Bertz CT molecular complexity index is 830. The van der Waals surface area contributed by atoms with Crippen molar-refractivity contribution in [3.05, 3.63) is 70.7 Å². The van der Waals surface area contributed by atoms with Gasteiger partial charge in [0.25, 0.3) is 0 Å². The van der Waals surface area contributed by atoms with Crippen LogP contribution in [0.3, 0.4) is 0 Å². The number of fused-ring (bicyclic) bond motifs is 1. The third kappa shape index (κ3) is 3.90. The first-order valence-corrected chi connectivity index (χ1v) is 8.05. The average molecular weight is 371 g/mol. The van der Waals surface area contributed by atoms with E-state index in [9.17, 15) is 4.79 Å². The van der Waals surface area contributed by atoms with Crippen molar-refractivity contribution in [2.24, 2.45) is 0 Å². The molecule has 0 fully saturated rings. The van der Waals surface area contributed by atoms with E-state index in [0.29, 0.717) is 24.5 Å². The van der Waals surface area contributed by atoms with Crippen LogP contribution in [0.15, 0.2) is 65.1 Å². The van der Waals surface area contributed by atoms with Crippen molar-refractivity contribution in [2.45, 2.75) is 0 Å². The van der Waals surface area contributed by atoms with Crippen LogP contribution in [0.5, 0.6) is 11.5 Å². The van der Waals surface area contributed by atoms with Gasteiger partial charge in [-0.25, -0.2) is 0 Å². The van der Waals surface area contributed by atoms with Gasteiger partial charge in [0, 0.05) is 4.47 Å². The van der Waals surface area contributed by atoms with E-state index in [2.05, 4.69) is 28.1 Å². The van der Waals surface area contributed by atoms with Crippen LogP contribution in [0.4, 0.5) is 0 Å². The van der Waals surface area contributed by atoms with E-state index in [1.807, 2.05) is 36.4 Å². The van der Waals surface area contributed by atoms with Gasteiger partial charge in [0.05, 0.1) is 5.56 Å². The molecule has 0 heterocycles. The molecule has 0 N–H and O–H groups in total. The summed E-state index contributed by atoms with van der Waals surface area (Å²) in [6, 6.07) is 19.5. The summed E-state index contributed by atoms with van der Waals surface area (Å²) < 4.78 is 12.2. The number of carbonyl (C=O) groups is 1. The van der Waals surface area contributed by atoms with Crippen LogP contribution in [0.25, 0.3) is 10.8 Å². The van der Waals surface area contributed by atoms with Gasteiger partial charge >= 0.3 is 0 Å². The van der Waals surface area contributed by atoms with Crippen LogP contribution in [0.2, 0.25) is 0 Å². The maximum atomic E-state index is 11.0. The lowest BCUT2D eigenvalue weighted by Gasteiger charge is -2.10. The van der Waals surface area contributed by atoms with Crippen LogP contribution >= 0.6 is 15.9 Å². The van der Waals surface area contributed by atoms with Crippen LogP contribution in [0.1, 0.15) is 10.4 Å². The summed E-state index contributed by atoms with van der Waals surface area (Å²) in [6.07, 6.45) is 0.782. The monoisotopic (exact) mass is 370 g/mol. The maximum absolute atomic E-state index is 11.0. The van der Waals surface area contributed by atoms with Gasteiger partial charge in [-0.3, -0.25) is 4.79 Å². The smallest absolute Gasteiger partial charge is 0.153 e. The number of benzene rings is 3. The predicted octanol–water partition coefficient (Wildman–Crippen LogP) is 4.87. The lowest BCUT2D eigenvalue weighted by atomic mass is 10.1. The summed E-state index contributed by atoms with van der Waals surface area (Å²) in [5.74, 6) is 1.36. The van der Waals surface area contributed by atoms with Gasteiger partial charge in [0.1, 0.15) is 24.7 Å². The zero-order valence-electron chi connectivity index (χ0n) is 12.4. The normalized spacial score (nSPS) is 10.5. The molecule has 3 aromatic rings. The number of rotatable bonds is 6. The Morgan fingerprint density at radius 3 is 2.48 bits per heavy atom. The summed E-state index contributed by atoms with van der Waals surface area (Å²) in [5.41, 5.74) is 0.519. The molecule has 116 valence electrons. The molecule has 0 aromatic heterocycles. The zero-order chi connectivity index (χ0) is 16.1. The molecule has 0 aliphatic rings. The second-order valence-electron chi connectivity index (χ2n) is 5.01. The molecular weight excluding hydrogens is 356 g/mol. The standard InChI is InChI=1S/C19H15BrO3/c20-17-6-8-19(16(11-17)13-21)23-10-9-22-18-7-5-14-3-1-2-4-15(14)12-18/h1-8,11-13H,9-10H2. The fourth-order valence-electron chi connectivity index (χ4n) is 2.31. The van der Waals surface area contributed by atoms with Crippen LogP contribution < -0.4 is 9.47 Å². The Balaban J connectivity index is 1.57. The quantitative estimate of drug-likeness (QED) is 0.458. The molecule has 0 unspecified atom stereocenters. The summed E-state index contributed by atoms with van der Waals surface area (Å²) in [6.45, 7) is 0.780. The number of halogens is 1. The molecule has 4 heteroatoms. The first-order valence-electron chi connectivity index (χ1n) is 7.25. The zero-order valence-corrected chi connectivity index (χ0v) is 14.0. The molecule has 0 atom stereocenters. The third-order valence-corrected chi connectivity index (χ3v) is 3.92. The van der Waals surface area contributed by atoms with Crippen LogP contribution in [-0.2, 0) is 0 Å². The maximum Gasteiger partial charge on any atom is 0.153 e. The highest BCUT2D eigenvalue weighted by atomic mass is 79.9. The number of hydrogen-bond acceptors (Lipinski definition) is 3. The fourth-order valence-corrected chi connectivity index (χ4v) is 2.69. The van der Waals surface area contributed by atoms with Gasteiger partial charge in [0.2, 0.25) is 0 Å². The predicted molar refractivity (Wildman–Crippen MR) is 94.5 cm³/mol. The summed E-state index contributed by atoms with van der Waals surface area (Å²) in [7, 11) is 0. The topological polar surface area (TPSA) is 35.5 Å². The molecule has 0 spiro atoms. The first kappa shape index (κ1) is 15.6. The van der Waals surface area contributed by atoms with Crippen molar-refractivity contribution in [3.8, 4) is 11.5 Å². The van der Waals surface area contributed by atoms with Crippen molar-refractivity contribution in [2.75, 3.05) is 13.2 Å². The molecule has 23 heavy (non-hydrogen) atoms. The SMILES string of the molecule is O=Cc1cc(Br)ccc1OCCOc1ccc2ccccc2c1. The van der Waals surface area contributed by atoms with E-state index >= 15 is 0 Å². The van der Waals surface area contributed by atoms with Gasteiger partial charge < -0.3 is 9.47 Å². The largest absolute Gasteiger partial charge is 0.490 e. The number of carbonyl (C=O) groups excluding carboxylic acids is 1. The van der Waals surface area contributed by atoms with Gasteiger partial charge in [-0.2, -0.15) is 0 Å². The summed E-state index contributed by atoms with van der Waals surface area (Å²) in [4.78, 5) is 11.0. The minimum atomic E-state index is 0.370. The van der Waals surface area contributed by atoms with Crippen molar-refractivity contribution >= 4 is 33.0 Å².